The largest absolute Gasteiger partial charge is 0.417 e. The van der Waals surface area contributed by atoms with Crippen LogP contribution in [0.3, 0.4) is 0 Å². The molecule has 0 N–H and O–H groups in total. The molecule has 0 aliphatic carbocycles. The number of rotatable bonds is 5. The number of carbonyl (C=O) groups excluding carboxylic acids is 1. The Morgan fingerprint density at radius 1 is 1.39 bits per heavy atom. The maximum Gasteiger partial charge on any atom is 0.417 e. The van der Waals surface area contributed by atoms with Crippen LogP contribution in [0, 0.1) is 6.92 Å². The molecule has 0 bridgehead atoms. The summed E-state index contributed by atoms with van der Waals surface area (Å²) in [5.41, 5.74) is -0.643. The lowest BCUT2D eigenvalue weighted by Crippen LogP contribution is -2.35. The summed E-state index contributed by atoms with van der Waals surface area (Å²) in [6, 6.07) is 2.05. The van der Waals surface area contributed by atoms with Crippen molar-refractivity contribution in [3.63, 3.8) is 0 Å². The van der Waals surface area contributed by atoms with Crippen LogP contribution in [0.2, 0.25) is 0 Å². The molecule has 0 saturated heterocycles. The summed E-state index contributed by atoms with van der Waals surface area (Å²) >= 11 is 1.32. The van der Waals surface area contributed by atoms with Crippen molar-refractivity contribution in [3.05, 3.63) is 40.0 Å². The first-order valence-corrected chi connectivity index (χ1v) is 7.47. The van der Waals surface area contributed by atoms with E-state index in [2.05, 4.69) is 9.97 Å². The average Bonchev–Trinajstić information content (AvgIpc) is 2.93. The highest BCUT2D eigenvalue weighted by atomic mass is 32.1. The number of hydrogen-bond donors (Lipinski definition) is 0. The summed E-state index contributed by atoms with van der Waals surface area (Å²) in [4.78, 5) is 21.6. The van der Waals surface area contributed by atoms with Gasteiger partial charge in [0.15, 0.2) is 0 Å². The predicted octanol–water partition coefficient (Wildman–Crippen LogP) is 3.16. The number of methoxy groups -OCH3 is 1. The van der Waals surface area contributed by atoms with Crippen LogP contribution in [-0.2, 0) is 10.9 Å². The predicted molar refractivity (Wildman–Crippen MR) is 79.6 cm³/mol. The molecule has 0 aliphatic heterocycles. The lowest BCUT2D eigenvalue weighted by molar-refractivity contribution is -0.137. The first-order valence-electron chi connectivity index (χ1n) is 6.59. The first kappa shape index (κ1) is 17.4. The minimum atomic E-state index is -4.47. The Balaban J connectivity index is 2.29. The lowest BCUT2D eigenvalue weighted by atomic mass is 10.2. The summed E-state index contributed by atoms with van der Waals surface area (Å²) in [6.07, 6.45) is -3.77. The number of ether oxygens (including phenoxy) is 1. The minimum Gasteiger partial charge on any atom is -0.383 e. The number of anilines is 1. The fourth-order valence-electron chi connectivity index (χ4n) is 1.82. The second-order valence-electron chi connectivity index (χ2n) is 4.60. The maximum atomic E-state index is 12.6. The molecular formula is C14H14F3N3O2S. The number of aromatic nitrogens is 2. The second kappa shape index (κ2) is 7.05. The third-order valence-corrected chi connectivity index (χ3v) is 3.73. The third-order valence-electron chi connectivity index (χ3n) is 2.95. The molecule has 0 aliphatic rings. The van der Waals surface area contributed by atoms with E-state index in [1.165, 1.54) is 23.3 Å². The minimum absolute atomic E-state index is 0.116. The highest BCUT2D eigenvalue weighted by Crippen LogP contribution is 2.29. The Hall–Kier alpha value is -2.00. The Morgan fingerprint density at radius 3 is 2.61 bits per heavy atom. The standard InChI is InChI=1S/C14H14F3N3O2S/c1-9-19-11(8-23-9)13(21)20(5-6-22-2)12-4-3-10(7-18-12)14(15,16)17/h3-4,7-8H,5-6H2,1-2H3. The smallest absolute Gasteiger partial charge is 0.383 e. The summed E-state index contributed by atoms with van der Waals surface area (Å²) in [5, 5.41) is 2.32. The molecule has 124 valence electrons. The van der Waals surface area contributed by atoms with Gasteiger partial charge in [-0.2, -0.15) is 13.2 Å². The number of alkyl halides is 3. The van der Waals surface area contributed by atoms with Gasteiger partial charge in [-0.15, -0.1) is 11.3 Å². The van der Waals surface area contributed by atoms with Gasteiger partial charge in [-0.05, 0) is 19.1 Å². The van der Waals surface area contributed by atoms with E-state index in [1.54, 1.807) is 12.3 Å². The molecule has 1 amide bonds. The van der Waals surface area contributed by atoms with E-state index in [0.29, 0.717) is 6.20 Å². The van der Waals surface area contributed by atoms with E-state index in [4.69, 9.17) is 4.74 Å². The van der Waals surface area contributed by atoms with Crippen molar-refractivity contribution in [1.82, 2.24) is 9.97 Å². The molecular weight excluding hydrogens is 331 g/mol. The quantitative estimate of drug-likeness (QED) is 0.835. The Morgan fingerprint density at radius 2 is 2.13 bits per heavy atom. The number of halogens is 3. The van der Waals surface area contributed by atoms with Gasteiger partial charge in [0, 0.05) is 18.7 Å². The number of amides is 1. The van der Waals surface area contributed by atoms with Crippen molar-refractivity contribution >= 4 is 23.1 Å². The van der Waals surface area contributed by atoms with Crippen LogP contribution < -0.4 is 4.90 Å². The zero-order chi connectivity index (χ0) is 17.0. The van der Waals surface area contributed by atoms with E-state index in [1.807, 2.05) is 0 Å². The molecule has 0 spiro atoms. The van der Waals surface area contributed by atoms with Crippen molar-refractivity contribution in [3.8, 4) is 0 Å². The number of hydrogen-bond acceptors (Lipinski definition) is 5. The SMILES string of the molecule is COCCN(C(=O)c1csc(C)n1)c1ccc(C(F)(F)F)cn1. The first-order chi connectivity index (χ1) is 10.8. The second-order valence-corrected chi connectivity index (χ2v) is 5.67. The van der Waals surface area contributed by atoms with Gasteiger partial charge in [-0.1, -0.05) is 0 Å². The highest BCUT2D eigenvalue weighted by molar-refractivity contribution is 7.09. The number of thiazole rings is 1. The van der Waals surface area contributed by atoms with Crippen LogP contribution in [0.25, 0.3) is 0 Å². The van der Waals surface area contributed by atoms with Crippen LogP contribution in [0.4, 0.5) is 19.0 Å². The lowest BCUT2D eigenvalue weighted by Gasteiger charge is -2.21. The highest BCUT2D eigenvalue weighted by Gasteiger charge is 2.31. The molecule has 0 unspecified atom stereocenters. The van der Waals surface area contributed by atoms with Crippen molar-refractivity contribution in [2.24, 2.45) is 0 Å². The summed E-state index contributed by atoms with van der Waals surface area (Å²) in [5.74, 6) is -0.315. The van der Waals surface area contributed by atoms with E-state index >= 15 is 0 Å². The molecule has 5 nitrogen and oxygen atoms in total. The molecule has 0 saturated carbocycles. The van der Waals surface area contributed by atoms with Crippen LogP contribution in [0.1, 0.15) is 21.1 Å². The molecule has 2 aromatic rings. The maximum absolute atomic E-state index is 12.6. The van der Waals surface area contributed by atoms with Crippen molar-refractivity contribution in [2.75, 3.05) is 25.2 Å². The third kappa shape index (κ3) is 4.26. The zero-order valence-electron chi connectivity index (χ0n) is 12.4. The molecule has 9 heteroatoms. The van der Waals surface area contributed by atoms with E-state index in [0.717, 1.165) is 17.1 Å². The molecule has 0 atom stereocenters. The van der Waals surface area contributed by atoms with Gasteiger partial charge in [0.2, 0.25) is 0 Å². The van der Waals surface area contributed by atoms with Crippen molar-refractivity contribution in [1.29, 1.82) is 0 Å². The van der Waals surface area contributed by atoms with Gasteiger partial charge in [-0.25, -0.2) is 9.97 Å². The number of aryl methyl sites for hydroxylation is 1. The van der Waals surface area contributed by atoms with Gasteiger partial charge < -0.3 is 4.74 Å². The van der Waals surface area contributed by atoms with Crippen molar-refractivity contribution < 1.29 is 22.7 Å². The molecule has 2 aromatic heterocycles. The van der Waals surface area contributed by atoms with Crippen LogP contribution in [-0.4, -0.2) is 36.1 Å². The zero-order valence-corrected chi connectivity index (χ0v) is 13.2. The van der Waals surface area contributed by atoms with Gasteiger partial charge in [0.25, 0.3) is 5.91 Å². The monoisotopic (exact) mass is 345 g/mol. The Bertz CT molecular complexity index is 671. The Kier molecular flexibility index (Phi) is 5.32. The molecule has 2 rings (SSSR count). The van der Waals surface area contributed by atoms with Gasteiger partial charge in [-0.3, -0.25) is 9.69 Å². The summed E-state index contributed by atoms with van der Waals surface area (Å²) in [6.45, 7) is 2.14. The summed E-state index contributed by atoms with van der Waals surface area (Å²) < 4.78 is 42.7. The Labute approximate surface area is 134 Å². The van der Waals surface area contributed by atoms with E-state index in [9.17, 15) is 18.0 Å². The molecule has 0 radical (unpaired) electrons. The van der Waals surface area contributed by atoms with Gasteiger partial charge in [0.1, 0.15) is 11.5 Å². The summed E-state index contributed by atoms with van der Waals surface area (Å²) in [7, 11) is 1.47. The van der Waals surface area contributed by atoms with Gasteiger partial charge >= 0.3 is 6.18 Å². The van der Waals surface area contributed by atoms with E-state index < -0.39 is 17.6 Å². The fourth-order valence-corrected chi connectivity index (χ4v) is 2.40. The molecule has 0 aromatic carbocycles. The average molecular weight is 345 g/mol. The van der Waals surface area contributed by atoms with Crippen LogP contribution in [0.5, 0.6) is 0 Å². The molecule has 0 fully saturated rings. The topological polar surface area (TPSA) is 55.3 Å². The van der Waals surface area contributed by atoms with E-state index in [-0.39, 0.29) is 24.7 Å². The number of carbonyl (C=O) groups is 1. The normalized spacial score (nSPS) is 11.5. The van der Waals surface area contributed by atoms with Crippen LogP contribution >= 0.6 is 11.3 Å². The number of nitrogens with zero attached hydrogens (tertiary/aromatic N) is 3. The molecule has 2 heterocycles. The fraction of sp³-hybridized carbons (Fsp3) is 0.357. The molecule has 23 heavy (non-hydrogen) atoms. The van der Waals surface area contributed by atoms with Gasteiger partial charge in [0.05, 0.1) is 23.7 Å². The van der Waals surface area contributed by atoms with Crippen molar-refractivity contribution in [2.45, 2.75) is 13.1 Å². The van der Waals surface area contributed by atoms with Crippen LogP contribution in [0.15, 0.2) is 23.7 Å². The number of pyridine rings is 1.